The molecule has 1 saturated heterocycles. The summed E-state index contributed by atoms with van der Waals surface area (Å²) in [5.41, 5.74) is 7.61. The standard InChI is InChI=1S/C18H22N2O4.ClH/c1-12-4-5-16(17(7-12)24-11-14-3-2-6-22-14)20-18(21)13-8-15(9-19)23-10-13;/h4-5,7-8,10,14H,2-3,6,9,11,19H2,1H3,(H,20,21);1H. The van der Waals surface area contributed by atoms with Gasteiger partial charge in [0.15, 0.2) is 0 Å². The first-order valence-corrected chi connectivity index (χ1v) is 8.09. The lowest BCUT2D eigenvalue weighted by atomic mass is 10.2. The summed E-state index contributed by atoms with van der Waals surface area (Å²) in [6.45, 7) is 3.51. The molecule has 1 aromatic carbocycles. The second-order valence-electron chi connectivity index (χ2n) is 5.91. The highest BCUT2D eigenvalue weighted by Gasteiger charge is 2.18. The van der Waals surface area contributed by atoms with Gasteiger partial charge in [-0.05, 0) is 43.5 Å². The van der Waals surface area contributed by atoms with E-state index < -0.39 is 0 Å². The first-order valence-electron chi connectivity index (χ1n) is 8.09. The number of ether oxygens (including phenoxy) is 2. The number of carbonyl (C=O) groups excluding carboxylic acids is 1. The number of hydrogen-bond acceptors (Lipinski definition) is 5. The van der Waals surface area contributed by atoms with E-state index in [1.807, 2.05) is 25.1 Å². The largest absolute Gasteiger partial charge is 0.489 e. The number of amides is 1. The molecular weight excluding hydrogens is 344 g/mol. The Hall–Kier alpha value is -2.02. The lowest BCUT2D eigenvalue weighted by Gasteiger charge is -2.15. The van der Waals surface area contributed by atoms with Crippen LogP contribution in [-0.2, 0) is 11.3 Å². The Labute approximate surface area is 153 Å². The fourth-order valence-corrected chi connectivity index (χ4v) is 2.61. The minimum atomic E-state index is -0.260. The third kappa shape index (κ3) is 4.98. The zero-order valence-electron chi connectivity index (χ0n) is 14.1. The lowest BCUT2D eigenvalue weighted by Crippen LogP contribution is -2.18. The topological polar surface area (TPSA) is 86.7 Å². The molecule has 0 radical (unpaired) electrons. The lowest BCUT2D eigenvalue weighted by molar-refractivity contribution is 0.0681. The molecule has 0 aliphatic carbocycles. The molecule has 3 N–H and O–H groups in total. The number of nitrogens with one attached hydrogen (secondary N) is 1. The third-order valence-corrected chi connectivity index (χ3v) is 3.95. The second-order valence-corrected chi connectivity index (χ2v) is 5.91. The maximum absolute atomic E-state index is 12.3. The van der Waals surface area contributed by atoms with E-state index in [4.69, 9.17) is 19.6 Å². The Morgan fingerprint density at radius 1 is 1.40 bits per heavy atom. The molecule has 2 heterocycles. The smallest absolute Gasteiger partial charge is 0.259 e. The fourth-order valence-electron chi connectivity index (χ4n) is 2.61. The van der Waals surface area contributed by atoms with Crippen LogP contribution in [0.5, 0.6) is 5.75 Å². The summed E-state index contributed by atoms with van der Waals surface area (Å²) in [5, 5.41) is 2.86. The summed E-state index contributed by atoms with van der Waals surface area (Å²) in [5.74, 6) is 0.949. The molecule has 6 nitrogen and oxygen atoms in total. The number of rotatable bonds is 6. The molecule has 1 aliphatic rings. The van der Waals surface area contributed by atoms with Crippen molar-refractivity contribution in [2.24, 2.45) is 5.73 Å². The molecule has 1 aliphatic heterocycles. The number of aryl methyl sites for hydroxylation is 1. The zero-order valence-corrected chi connectivity index (χ0v) is 14.9. The number of nitrogens with two attached hydrogens (primary N) is 1. The van der Waals surface area contributed by atoms with Gasteiger partial charge in [-0.25, -0.2) is 0 Å². The molecule has 0 saturated carbocycles. The van der Waals surface area contributed by atoms with Gasteiger partial charge in [0.1, 0.15) is 24.4 Å². The van der Waals surface area contributed by atoms with Crippen molar-refractivity contribution in [2.75, 3.05) is 18.5 Å². The molecule has 25 heavy (non-hydrogen) atoms. The molecule has 1 unspecified atom stereocenters. The van der Waals surface area contributed by atoms with Crippen LogP contribution in [0.1, 0.15) is 34.5 Å². The Morgan fingerprint density at radius 2 is 2.24 bits per heavy atom. The SMILES string of the molecule is Cc1ccc(NC(=O)c2coc(CN)c2)c(OCC2CCCO2)c1.Cl. The number of carbonyl (C=O) groups is 1. The first-order chi connectivity index (χ1) is 11.7. The van der Waals surface area contributed by atoms with Crippen LogP contribution in [0.25, 0.3) is 0 Å². The van der Waals surface area contributed by atoms with Crippen molar-refractivity contribution in [3.05, 3.63) is 47.4 Å². The molecule has 0 bridgehead atoms. The number of halogens is 1. The summed E-state index contributed by atoms with van der Waals surface area (Å²) >= 11 is 0. The van der Waals surface area contributed by atoms with E-state index in [9.17, 15) is 4.79 Å². The molecule has 1 aromatic heterocycles. The first kappa shape index (κ1) is 19.3. The number of hydrogen-bond donors (Lipinski definition) is 2. The summed E-state index contributed by atoms with van der Waals surface area (Å²) in [4.78, 5) is 12.3. The number of furan rings is 1. The quantitative estimate of drug-likeness (QED) is 0.819. The van der Waals surface area contributed by atoms with Gasteiger partial charge in [0, 0.05) is 6.61 Å². The molecule has 3 rings (SSSR count). The van der Waals surface area contributed by atoms with E-state index >= 15 is 0 Å². The van der Waals surface area contributed by atoms with E-state index in [1.165, 1.54) is 6.26 Å². The van der Waals surface area contributed by atoms with Crippen LogP contribution in [0.3, 0.4) is 0 Å². The average molecular weight is 367 g/mol. The van der Waals surface area contributed by atoms with E-state index in [0.717, 1.165) is 25.0 Å². The minimum Gasteiger partial charge on any atom is -0.489 e. The maximum Gasteiger partial charge on any atom is 0.259 e. The van der Waals surface area contributed by atoms with Crippen LogP contribution in [0.2, 0.25) is 0 Å². The Balaban J connectivity index is 0.00000225. The van der Waals surface area contributed by atoms with Gasteiger partial charge in [-0.3, -0.25) is 4.79 Å². The van der Waals surface area contributed by atoms with Crippen LogP contribution in [-0.4, -0.2) is 25.2 Å². The van der Waals surface area contributed by atoms with Crippen molar-refractivity contribution >= 4 is 24.0 Å². The number of anilines is 1. The summed E-state index contributed by atoms with van der Waals surface area (Å²) in [7, 11) is 0. The second kappa shape index (κ2) is 8.89. The predicted molar refractivity (Wildman–Crippen MR) is 97.4 cm³/mol. The zero-order chi connectivity index (χ0) is 16.9. The van der Waals surface area contributed by atoms with Crippen molar-refractivity contribution in [3.63, 3.8) is 0 Å². The number of benzene rings is 1. The van der Waals surface area contributed by atoms with Gasteiger partial charge in [0.2, 0.25) is 0 Å². The molecule has 1 fully saturated rings. The average Bonchev–Trinajstić information content (AvgIpc) is 3.26. The Morgan fingerprint density at radius 3 is 2.92 bits per heavy atom. The van der Waals surface area contributed by atoms with Crippen molar-refractivity contribution < 1.29 is 18.7 Å². The van der Waals surface area contributed by atoms with E-state index in [0.29, 0.717) is 29.4 Å². The van der Waals surface area contributed by atoms with E-state index in [2.05, 4.69) is 5.32 Å². The summed E-state index contributed by atoms with van der Waals surface area (Å²) in [6.07, 6.45) is 3.59. The Bertz CT molecular complexity index is 711. The normalized spacial score (nSPS) is 16.3. The molecule has 136 valence electrons. The molecule has 1 atom stereocenters. The van der Waals surface area contributed by atoms with Gasteiger partial charge in [0.25, 0.3) is 5.91 Å². The summed E-state index contributed by atoms with van der Waals surface area (Å²) < 4.78 is 16.7. The van der Waals surface area contributed by atoms with Crippen LogP contribution in [0, 0.1) is 6.92 Å². The van der Waals surface area contributed by atoms with Crippen molar-refractivity contribution in [1.82, 2.24) is 0 Å². The monoisotopic (exact) mass is 366 g/mol. The molecule has 2 aromatic rings. The fraction of sp³-hybridized carbons (Fsp3) is 0.389. The van der Waals surface area contributed by atoms with Gasteiger partial charge < -0.3 is 24.9 Å². The van der Waals surface area contributed by atoms with Crippen LogP contribution >= 0.6 is 12.4 Å². The minimum absolute atomic E-state index is 0. The molecule has 7 heteroatoms. The van der Waals surface area contributed by atoms with Gasteiger partial charge in [0.05, 0.1) is 23.9 Å². The molecular formula is C18H23ClN2O4. The maximum atomic E-state index is 12.3. The van der Waals surface area contributed by atoms with Crippen LogP contribution in [0.15, 0.2) is 34.9 Å². The highest BCUT2D eigenvalue weighted by atomic mass is 35.5. The third-order valence-electron chi connectivity index (χ3n) is 3.95. The van der Waals surface area contributed by atoms with Gasteiger partial charge in [-0.15, -0.1) is 12.4 Å². The van der Waals surface area contributed by atoms with Crippen molar-refractivity contribution in [1.29, 1.82) is 0 Å². The highest BCUT2D eigenvalue weighted by Crippen LogP contribution is 2.27. The van der Waals surface area contributed by atoms with E-state index in [-0.39, 0.29) is 31.0 Å². The van der Waals surface area contributed by atoms with Crippen LogP contribution in [0.4, 0.5) is 5.69 Å². The van der Waals surface area contributed by atoms with Crippen molar-refractivity contribution in [2.45, 2.75) is 32.4 Å². The summed E-state index contributed by atoms with van der Waals surface area (Å²) in [6, 6.07) is 7.30. The van der Waals surface area contributed by atoms with Gasteiger partial charge in [-0.2, -0.15) is 0 Å². The molecule has 1 amide bonds. The predicted octanol–water partition coefficient (Wildman–Crippen LogP) is 3.28. The highest BCUT2D eigenvalue weighted by molar-refractivity contribution is 6.04. The van der Waals surface area contributed by atoms with Crippen LogP contribution < -0.4 is 15.8 Å². The van der Waals surface area contributed by atoms with Gasteiger partial charge in [-0.1, -0.05) is 6.07 Å². The van der Waals surface area contributed by atoms with Gasteiger partial charge >= 0.3 is 0 Å². The Kier molecular flexibility index (Phi) is 6.87. The van der Waals surface area contributed by atoms with E-state index in [1.54, 1.807) is 6.07 Å². The molecule has 0 spiro atoms. The van der Waals surface area contributed by atoms with Crippen molar-refractivity contribution in [3.8, 4) is 5.75 Å².